The van der Waals surface area contributed by atoms with Crippen molar-refractivity contribution in [3.8, 4) is 5.75 Å². The van der Waals surface area contributed by atoms with E-state index in [1.165, 1.54) is 24.8 Å². The zero-order valence-electron chi connectivity index (χ0n) is 13.2. The van der Waals surface area contributed by atoms with Gasteiger partial charge in [0, 0.05) is 6.04 Å². The fourth-order valence-corrected chi connectivity index (χ4v) is 3.40. The van der Waals surface area contributed by atoms with Gasteiger partial charge in [0.25, 0.3) is 0 Å². The molecule has 0 spiro atoms. The molecule has 0 aromatic heterocycles. The minimum atomic E-state index is 0.498. The molecule has 1 fully saturated rings. The summed E-state index contributed by atoms with van der Waals surface area (Å²) < 4.78 is 5.68. The second-order valence-electron chi connectivity index (χ2n) is 6.02. The van der Waals surface area contributed by atoms with Crippen LogP contribution in [0.25, 0.3) is 0 Å². The lowest BCUT2D eigenvalue weighted by Crippen LogP contribution is -2.29. The molecule has 1 aliphatic carbocycles. The van der Waals surface area contributed by atoms with E-state index in [1.807, 2.05) is 0 Å². The van der Waals surface area contributed by atoms with Gasteiger partial charge >= 0.3 is 0 Å². The third kappa shape index (κ3) is 3.76. The minimum absolute atomic E-state index is 0.498. The lowest BCUT2D eigenvalue weighted by Gasteiger charge is -2.28. The van der Waals surface area contributed by atoms with Crippen molar-refractivity contribution < 1.29 is 4.74 Å². The van der Waals surface area contributed by atoms with E-state index in [4.69, 9.17) is 4.74 Å². The van der Waals surface area contributed by atoms with Gasteiger partial charge in [-0.1, -0.05) is 45.7 Å². The van der Waals surface area contributed by atoms with Crippen LogP contribution in [0.4, 0.5) is 0 Å². The first-order valence-corrected chi connectivity index (χ1v) is 8.22. The van der Waals surface area contributed by atoms with Gasteiger partial charge in [-0.3, -0.25) is 0 Å². The topological polar surface area (TPSA) is 21.3 Å². The largest absolute Gasteiger partial charge is 0.494 e. The van der Waals surface area contributed by atoms with E-state index in [1.54, 1.807) is 0 Å². The predicted molar refractivity (Wildman–Crippen MR) is 85.2 cm³/mol. The standard InChI is InChI=1S/C18H29NO/c1-4-13-20-16-11-9-15(10-12-16)18(19-5-2)17-8-6-7-14(17)3/h9-12,14,17-19H,4-8,13H2,1-3H3. The Labute approximate surface area is 123 Å². The van der Waals surface area contributed by atoms with Crippen molar-refractivity contribution >= 4 is 0 Å². The van der Waals surface area contributed by atoms with Gasteiger partial charge < -0.3 is 10.1 Å². The van der Waals surface area contributed by atoms with Crippen LogP contribution in [0.1, 0.15) is 58.1 Å². The molecule has 0 heterocycles. The van der Waals surface area contributed by atoms with Gasteiger partial charge in [-0.15, -0.1) is 0 Å². The summed E-state index contributed by atoms with van der Waals surface area (Å²) in [4.78, 5) is 0. The number of ether oxygens (including phenoxy) is 1. The Hall–Kier alpha value is -1.02. The van der Waals surface area contributed by atoms with Crippen molar-refractivity contribution in [1.29, 1.82) is 0 Å². The Morgan fingerprint density at radius 1 is 1.20 bits per heavy atom. The maximum absolute atomic E-state index is 5.68. The fraction of sp³-hybridized carbons (Fsp3) is 0.667. The summed E-state index contributed by atoms with van der Waals surface area (Å²) in [6.45, 7) is 8.57. The Kier molecular flexibility index (Phi) is 5.90. The summed E-state index contributed by atoms with van der Waals surface area (Å²) in [6, 6.07) is 9.22. The molecule has 1 N–H and O–H groups in total. The number of hydrogen-bond acceptors (Lipinski definition) is 2. The summed E-state index contributed by atoms with van der Waals surface area (Å²) >= 11 is 0. The van der Waals surface area contributed by atoms with Crippen LogP contribution in [0.5, 0.6) is 5.75 Å². The predicted octanol–water partition coefficient (Wildman–Crippen LogP) is 4.56. The molecule has 2 heteroatoms. The van der Waals surface area contributed by atoms with E-state index in [0.29, 0.717) is 6.04 Å². The second-order valence-corrected chi connectivity index (χ2v) is 6.02. The van der Waals surface area contributed by atoms with Crippen LogP contribution in [-0.2, 0) is 0 Å². The third-order valence-electron chi connectivity index (χ3n) is 4.49. The van der Waals surface area contributed by atoms with E-state index < -0.39 is 0 Å². The third-order valence-corrected chi connectivity index (χ3v) is 4.49. The lowest BCUT2D eigenvalue weighted by molar-refractivity contribution is 0.303. The molecule has 3 unspecified atom stereocenters. The molecular weight excluding hydrogens is 246 g/mol. The van der Waals surface area contributed by atoms with Crippen LogP contribution in [0, 0.1) is 11.8 Å². The van der Waals surface area contributed by atoms with E-state index in [9.17, 15) is 0 Å². The van der Waals surface area contributed by atoms with Crippen LogP contribution in [-0.4, -0.2) is 13.2 Å². The molecule has 2 rings (SSSR count). The van der Waals surface area contributed by atoms with E-state index in [2.05, 4.69) is 50.4 Å². The van der Waals surface area contributed by atoms with Gasteiger partial charge in [0.1, 0.15) is 5.75 Å². The van der Waals surface area contributed by atoms with Crippen LogP contribution < -0.4 is 10.1 Å². The number of benzene rings is 1. The summed E-state index contributed by atoms with van der Waals surface area (Å²) in [6.07, 6.45) is 5.17. The fourth-order valence-electron chi connectivity index (χ4n) is 3.40. The first-order valence-electron chi connectivity index (χ1n) is 8.22. The highest BCUT2D eigenvalue weighted by atomic mass is 16.5. The summed E-state index contributed by atoms with van der Waals surface area (Å²) in [7, 11) is 0. The Morgan fingerprint density at radius 3 is 2.50 bits per heavy atom. The maximum atomic E-state index is 5.68. The van der Waals surface area contributed by atoms with Crippen molar-refractivity contribution in [2.24, 2.45) is 11.8 Å². The molecule has 1 saturated carbocycles. The van der Waals surface area contributed by atoms with Gasteiger partial charge in [-0.2, -0.15) is 0 Å². The molecule has 0 radical (unpaired) electrons. The van der Waals surface area contributed by atoms with Gasteiger partial charge in [0.15, 0.2) is 0 Å². The van der Waals surface area contributed by atoms with Gasteiger partial charge in [-0.25, -0.2) is 0 Å². The smallest absolute Gasteiger partial charge is 0.119 e. The van der Waals surface area contributed by atoms with Crippen LogP contribution in [0.15, 0.2) is 24.3 Å². The molecule has 1 aromatic rings. The average Bonchev–Trinajstić information content (AvgIpc) is 2.89. The van der Waals surface area contributed by atoms with Gasteiger partial charge in [0.05, 0.1) is 6.61 Å². The van der Waals surface area contributed by atoms with E-state index in [0.717, 1.165) is 37.2 Å². The Bertz CT molecular complexity index is 387. The maximum Gasteiger partial charge on any atom is 0.119 e. The first-order chi connectivity index (χ1) is 9.76. The van der Waals surface area contributed by atoms with Crippen molar-refractivity contribution in [2.75, 3.05) is 13.2 Å². The number of nitrogens with one attached hydrogen (secondary N) is 1. The Morgan fingerprint density at radius 2 is 1.95 bits per heavy atom. The van der Waals surface area contributed by atoms with Crippen LogP contribution in [0.2, 0.25) is 0 Å². The van der Waals surface area contributed by atoms with E-state index >= 15 is 0 Å². The first kappa shape index (κ1) is 15.4. The minimum Gasteiger partial charge on any atom is -0.494 e. The molecule has 0 saturated heterocycles. The summed E-state index contributed by atoms with van der Waals surface area (Å²) in [5.41, 5.74) is 1.41. The van der Waals surface area contributed by atoms with Crippen molar-refractivity contribution in [2.45, 2.75) is 52.5 Å². The van der Waals surface area contributed by atoms with E-state index in [-0.39, 0.29) is 0 Å². The molecule has 0 aliphatic heterocycles. The number of rotatable bonds is 7. The number of hydrogen-bond donors (Lipinski definition) is 1. The molecule has 112 valence electrons. The SMILES string of the molecule is CCCOc1ccc(C(NCC)C2CCCC2C)cc1. The van der Waals surface area contributed by atoms with Crippen LogP contribution >= 0.6 is 0 Å². The molecule has 2 nitrogen and oxygen atoms in total. The monoisotopic (exact) mass is 275 g/mol. The molecule has 1 aliphatic rings. The molecular formula is C18H29NO. The molecule has 0 bridgehead atoms. The zero-order valence-corrected chi connectivity index (χ0v) is 13.2. The highest BCUT2D eigenvalue weighted by Crippen LogP contribution is 2.40. The van der Waals surface area contributed by atoms with Crippen LogP contribution in [0.3, 0.4) is 0 Å². The summed E-state index contributed by atoms with van der Waals surface area (Å²) in [5, 5.41) is 3.69. The molecule has 20 heavy (non-hydrogen) atoms. The second kappa shape index (κ2) is 7.68. The quantitative estimate of drug-likeness (QED) is 0.787. The van der Waals surface area contributed by atoms with Gasteiger partial charge in [-0.05, 0) is 48.9 Å². The zero-order chi connectivity index (χ0) is 14.4. The summed E-state index contributed by atoms with van der Waals surface area (Å²) in [5.74, 6) is 2.60. The highest BCUT2D eigenvalue weighted by Gasteiger charge is 2.31. The van der Waals surface area contributed by atoms with Crippen molar-refractivity contribution in [3.05, 3.63) is 29.8 Å². The molecule has 3 atom stereocenters. The van der Waals surface area contributed by atoms with Gasteiger partial charge in [0.2, 0.25) is 0 Å². The average molecular weight is 275 g/mol. The highest BCUT2D eigenvalue weighted by molar-refractivity contribution is 5.29. The van der Waals surface area contributed by atoms with Crippen molar-refractivity contribution in [1.82, 2.24) is 5.32 Å². The van der Waals surface area contributed by atoms with Crippen molar-refractivity contribution in [3.63, 3.8) is 0 Å². The lowest BCUT2D eigenvalue weighted by atomic mass is 9.86. The molecule has 0 amide bonds. The Balaban J connectivity index is 2.08. The normalized spacial score (nSPS) is 23.8. The molecule has 1 aromatic carbocycles.